The quantitative estimate of drug-likeness (QED) is 0.745. The van der Waals surface area contributed by atoms with Gasteiger partial charge >= 0.3 is 0 Å². The molecule has 18 heavy (non-hydrogen) atoms. The first-order valence-electron chi connectivity index (χ1n) is 5.87. The fraction of sp³-hybridized carbons (Fsp3) is 0.143. The van der Waals surface area contributed by atoms with E-state index in [4.69, 9.17) is 5.73 Å². The van der Waals surface area contributed by atoms with Crippen LogP contribution in [-0.4, -0.2) is 14.5 Å². The third-order valence-corrected chi connectivity index (χ3v) is 3.10. The van der Waals surface area contributed by atoms with Gasteiger partial charge in [-0.25, -0.2) is 9.97 Å². The van der Waals surface area contributed by atoms with Gasteiger partial charge in [0.2, 0.25) is 0 Å². The van der Waals surface area contributed by atoms with Gasteiger partial charge in [0.15, 0.2) is 0 Å². The van der Waals surface area contributed by atoms with E-state index in [1.165, 1.54) is 0 Å². The van der Waals surface area contributed by atoms with Gasteiger partial charge in [0.1, 0.15) is 11.6 Å². The van der Waals surface area contributed by atoms with Crippen LogP contribution in [-0.2, 0) is 6.54 Å². The second kappa shape index (κ2) is 4.14. The molecule has 0 atom stereocenters. The molecule has 0 saturated carbocycles. The van der Waals surface area contributed by atoms with Crippen LogP contribution in [0.15, 0.2) is 42.6 Å². The Morgan fingerprint density at radius 3 is 2.83 bits per heavy atom. The zero-order chi connectivity index (χ0) is 12.5. The molecule has 0 aliphatic rings. The standard InChI is InChI=1S/C14H14N4/c1-10-17-12-6-2-3-7-13(12)18(10)9-11-5-4-8-16-14(11)15/h2-8H,9H2,1H3,(H2,15,16). The average molecular weight is 238 g/mol. The Kier molecular flexibility index (Phi) is 2.48. The molecule has 0 spiro atoms. The zero-order valence-electron chi connectivity index (χ0n) is 10.2. The number of hydrogen-bond acceptors (Lipinski definition) is 3. The van der Waals surface area contributed by atoms with Crippen LogP contribution in [0.25, 0.3) is 11.0 Å². The summed E-state index contributed by atoms with van der Waals surface area (Å²) < 4.78 is 2.16. The molecule has 0 aliphatic carbocycles. The first-order chi connectivity index (χ1) is 8.75. The third kappa shape index (κ3) is 1.72. The number of nitrogens with zero attached hydrogens (tertiary/aromatic N) is 3. The molecule has 4 heteroatoms. The first kappa shape index (κ1) is 10.8. The van der Waals surface area contributed by atoms with Crippen LogP contribution < -0.4 is 5.73 Å². The molecule has 0 aliphatic heterocycles. The molecule has 2 heterocycles. The lowest BCUT2D eigenvalue weighted by molar-refractivity contribution is 0.785. The van der Waals surface area contributed by atoms with E-state index in [2.05, 4.69) is 20.6 Å². The van der Waals surface area contributed by atoms with Crippen LogP contribution in [0.4, 0.5) is 5.82 Å². The van der Waals surface area contributed by atoms with Gasteiger partial charge in [-0.3, -0.25) is 0 Å². The van der Waals surface area contributed by atoms with Crippen LogP contribution in [0, 0.1) is 6.92 Å². The molecule has 3 rings (SSSR count). The van der Waals surface area contributed by atoms with Crippen molar-refractivity contribution in [2.45, 2.75) is 13.5 Å². The Balaban J connectivity index is 2.10. The van der Waals surface area contributed by atoms with Gasteiger partial charge in [-0.1, -0.05) is 18.2 Å². The molecule has 0 bridgehead atoms. The maximum absolute atomic E-state index is 5.89. The van der Waals surface area contributed by atoms with E-state index < -0.39 is 0 Å². The minimum Gasteiger partial charge on any atom is -0.383 e. The molecule has 2 N–H and O–H groups in total. The Hall–Kier alpha value is -2.36. The van der Waals surface area contributed by atoms with E-state index in [9.17, 15) is 0 Å². The van der Waals surface area contributed by atoms with Crippen molar-refractivity contribution in [1.29, 1.82) is 0 Å². The minimum absolute atomic E-state index is 0.578. The van der Waals surface area contributed by atoms with Crippen molar-refractivity contribution < 1.29 is 0 Å². The summed E-state index contributed by atoms with van der Waals surface area (Å²) >= 11 is 0. The number of fused-ring (bicyclic) bond motifs is 1. The highest BCUT2D eigenvalue weighted by Crippen LogP contribution is 2.18. The van der Waals surface area contributed by atoms with Gasteiger partial charge in [-0.15, -0.1) is 0 Å². The van der Waals surface area contributed by atoms with Crippen LogP contribution in [0.1, 0.15) is 11.4 Å². The largest absolute Gasteiger partial charge is 0.383 e. The summed E-state index contributed by atoms with van der Waals surface area (Å²) in [4.78, 5) is 8.65. The highest BCUT2D eigenvalue weighted by Gasteiger charge is 2.08. The Morgan fingerprint density at radius 2 is 2.00 bits per heavy atom. The molecular weight excluding hydrogens is 224 g/mol. The molecule has 2 aromatic heterocycles. The second-order valence-corrected chi connectivity index (χ2v) is 4.28. The molecule has 0 radical (unpaired) electrons. The number of anilines is 1. The summed E-state index contributed by atoms with van der Waals surface area (Å²) in [5.41, 5.74) is 9.04. The van der Waals surface area contributed by atoms with Gasteiger partial charge in [-0.2, -0.15) is 0 Å². The maximum atomic E-state index is 5.89. The van der Waals surface area contributed by atoms with Crippen molar-refractivity contribution in [3.8, 4) is 0 Å². The molecular formula is C14H14N4. The minimum atomic E-state index is 0.578. The molecule has 0 saturated heterocycles. The Labute approximate surface area is 105 Å². The number of nitrogens with two attached hydrogens (primary N) is 1. The Morgan fingerprint density at radius 1 is 1.17 bits per heavy atom. The first-order valence-corrected chi connectivity index (χ1v) is 5.87. The van der Waals surface area contributed by atoms with Crippen molar-refractivity contribution in [1.82, 2.24) is 14.5 Å². The van der Waals surface area contributed by atoms with Gasteiger partial charge in [0.05, 0.1) is 17.6 Å². The number of pyridine rings is 1. The van der Waals surface area contributed by atoms with Crippen LogP contribution in [0.2, 0.25) is 0 Å². The van der Waals surface area contributed by atoms with Crippen molar-refractivity contribution in [2.24, 2.45) is 0 Å². The van der Waals surface area contributed by atoms with Gasteiger partial charge in [0.25, 0.3) is 0 Å². The summed E-state index contributed by atoms with van der Waals surface area (Å²) in [6.45, 7) is 2.71. The van der Waals surface area contributed by atoms with E-state index in [1.807, 2.05) is 37.3 Å². The van der Waals surface area contributed by atoms with Gasteiger partial charge in [0, 0.05) is 11.8 Å². The van der Waals surface area contributed by atoms with E-state index in [-0.39, 0.29) is 0 Å². The predicted molar refractivity (Wildman–Crippen MR) is 72.2 cm³/mol. The fourth-order valence-corrected chi connectivity index (χ4v) is 2.15. The monoisotopic (exact) mass is 238 g/mol. The number of benzene rings is 1. The summed E-state index contributed by atoms with van der Waals surface area (Å²) in [5, 5.41) is 0. The normalized spacial score (nSPS) is 10.9. The zero-order valence-corrected chi connectivity index (χ0v) is 10.2. The highest BCUT2D eigenvalue weighted by molar-refractivity contribution is 5.76. The topological polar surface area (TPSA) is 56.7 Å². The number of imidazole rings is 1. The number of hydrogen-bond donors (Lipinski definition) is 1. The number of aryl methyl sites for hydroxylation is 1. The summed E-state index contributed by atoms with van der Waals surface area (Å²) in [6.07, 6.45) is 1.71. The van der Waals surface area contributed by atoms with Gasteiger partial charge < -0.3 is 10.3 Å². The van der Waals surface area contributed by atoms with E-state index in [0.717, 1.165) is 22.4 Å². The number of aromatic nitrogens is 3. The number of para-hydroxylation sites is 2. The third-order valence-electron chi connectivity index (χ3n) is 3.10. The van der Waals surface area contributed by atoms with Crippen molar-refractivity contribution >= 4 is 16.9 Å². The van der Waals surface area contributed by atoms with E-state index in [0.29, 0.717) is 12.4 Å². The summed E-state index contributed by atoms with van der Waals surface area (Å²) in [7, 11) is 0. The smallest absolute Gasteiger partial charge is 0.128 e. The number of nitrogen functional groups attached to an aromatic ring is 1. The fourth-order valence-electron chi connectivity index (χ4n) is 2.15. The molecule has 3 aromatic rings. The van der Waals surface area contributed by atoms with E-state index >= 15 is 0 Å². The van der Waals surface area contributed by atoms with Crippen molar-refractivity contribution in [2.75, 3.05) is 5.73 Å². The number of rotatable bonds is 2. The lowest BCUT2D eigenvalue weighted by Crippen LogP contribution is -2.05. The summed E-state index contributed by atoms with van der Waals surface area (Å²) in [5.74, 6) is 1.56. The predicted octanol–water partition coefficient (Wildman–Crippen LogP) is 2.37. The maximum Gasteiger partial charge on any atom is 0.128 e. The van der Waals surface area contributed by atoms with Crippen molar-refractivity contribution in [3.63, 3.8) is 0 Å². The van der Waals surface area contributed by atoms with Crippen LogP contribution in [0.3, 0.4) is 0 Å². The van der Waals surface area contributed by atoms with Crippen molar-refractivity contribution in [3.05, 3.63) is 54.0 Å². The lowest BCUT2D eigenvalue weighted by Gasteiger charge is -2.08. The van der Waals surface area contributed by atoms with Gasteiger partial charge in [-0.05, 0) is 25.1 Å². The molecule has 0 amide bonds. The molecule has 90 valence electrons. The summed E-state index contributed by atoms with van der Waals surface area (Å²) in [6, 6.07) is 12.0. The molecule has 1 aromatic carbocycles. The van der Waals surface area contributed by atoms with Crippen LogP contribution >= 0.6 is 0 Å². The average Bonchev–Trinajstić information content (AvgIpc) is 2.69. The Bertz CT molecular complexity index is 700. The van der Waals surface area contributed by atoms with E-state index in [1.54, 1.807) is 6.20 Å². The van der Waals surface area contributed by atoms with Crippen LogP contribution in [0.5, 0.6) is 0 Å². The molecule has 0 fully saturated rings. The second-order valence-electron chi connectivity index (χ2n) is 4.28. The molecule has 4 nitrogen and oxygen atoms in total. The molecule has 0 unspecified atom stereocenters. The highest BCUT2D eigenvalue weighted by atomic mass is 15.1. The SMILES string of the molecule is Cc1nc2ccccc2n1Cc1cccnc1N. The lowest BCUT2D eigenvalue weighted by atomic mass is 10.2.